The molecule has 4 aromatic carbocycles. The van der Waals surface area contributed by atoms with Crippen molar-refractivity contribution in [3.63, 3.8) is 0 Å². The number of amides is 1. The number of rotatable bonds is 6. The van der Waals surface area contributed by atoms with E-state index in [0.29, 0.717) is 29.3 Å². The average Bonchev–Trinajstić information content (AvgIpc) is 3.25. The van der Waals surface area contributed by atoms with Gasteiger partial charge in [0.25, 0.3) is 0 Å². The summed E-state index contributed by atoms with van der Waals surface area (Å²) >= 11 is 6.44. The van der Waals surface area contributed by atoms with Crippen molar-refractivity contribution in [3.05, 3.63) is 130 Å². The van der Waals surface area contributed by atoms with Crippen molar-refractivity contribution in [3.8, 4) is 11.5 Å². The molecule has 0 spiro atoms. The number of quaternary nitrogens is 1. The summed E-state index contributed by atoms with van der Waals surface area (Å²) in [6.07, 6.45) is -0.304. The Bertz CT molecular complexity index is 1430. The van der Waals surface area contributed by atoms with Crippen LogP contribution < -0.4 is 28.7 Å². The molecule has 3 unspecified atom stereocenters. The summed E-state index contributed by atoms with van der Waals surface area (Å²) in [7, 11) is 2.17. The number of hydrogen-bond acceptors (Lipinski definition) is 3. The van der Waals surface area contributed by atoms with Crippen LogP contribution in [0, 0.1) is 0 Å². The minimum atomic E-state index is -0.304. The van der Waals surface area contributed by atoms with Crippen molar-refractivity contribution in [1.82, 2.24) is 4.90 Å². The smallest absolute Gasteiger partial charge is 0.414 e. The van der Waals surface area contributed by atoms with E-state index in [4.69, 9.17) is 21.1 Å². The van der Waals surface area contributed by atoms with E-state index >= 15 is 0 Å². The van der Waals surface area contributed by atoms with Crippen LogP contribution in [-0.4, -0.2) is 42.3 Å². The number of halogens is 2. The second-order valence-electron chi connectivity index (χ2n) is 10.9. The van der Waals surface area contributed by atoms with E-state index < -0.39 is 0 Å². The predicted molar refractivity (Wildman–Crippen MR) is 153 cm³/mol. The van der Waals surface area contributed by atoms with E-state index in [1.165, 1.54) is 5.56 Å². The largest absolute Gasteiger partial charge is 1.00 e. The number of carbonyl (C=O) groups is 1. The van der Waals surface area contributed by atoms with Gasteiger partial charge in [0.1, 0.15) is 11.5 Å². The Labute approximate surface area is 257 Å². The van der Waals surface area contributed by atoms with Gasteiger partial charge in [0.05, 0.1) is 20.1 Å². The van der Waals surface area contributed by atoms with Gasteiger partial charge >= 0.3 is 6.09 Å². The number of hydrogen-bond donors (Lipinski definition) is 0. The van der Waals surface area contributed by atoms with Crippen molar-refractivity contribution in [1.29, 1.82) is 0 Å². The van der Waals surface area contributed by atoms with Gasteiger partial charge in [-0.05, 0) is 35.4 Å². The quantitative estimate of drug-likeness (QED) is 0.224. The molecule has 0 aliphatic carbocycles. The minimum Gasteiger partial charge on any atom is -1.00 e. The van der Waals surface area contributed by atoms with Crippen LogP contribution in [-0.2, 0) is 17.8 Å². The van der Waals surface area contributed by atoms with Crippen LogP contribution in [0.1, 0.15) is 34.1 Å². The van der Waals surface area contributed by atoms with E-state index in [1.807, 2.05) is 91.0 Å². The Morgan fingerprint density at radius 3 is 2.02 bits per heavy atom. The number of ether oxygens (including phenoxy) is 2. The first-order chi connectivity index (χ1) is 19.0. The van der Waals surface area contributed by atoms with Crippen LogP contribution in [0.15, 0.2) is 103 Å². The molecule has 2 aliphatic heterocycles. The average molecular weight is 667 g/mol. The first-order valence-corrected chi connectivity index (χ1v) is 13.7. The van der Waals surface area contributed by atoms with E-state index in [1.54, 1.807) is 4.90 Å². The first kappa shape index (κ1) is 28.5. The van der Waals surface area contributed by atoms with E-state index in [2.05, 4.69) is 19.2 Å². The summed E-state index contributed by atoms with van der Waals surface area (Å²) < 4.78 is 13.0. The number of fused-ring (bicyclic) bond motifs is 5. The molecule has 7 heteroatoms. The lowest BCUT2D eigenvalue weighted by atomic mass is 9.84. The third-order valence-corrected chi connectivity index (χ3v) is 8.10. The number of likely N-dealkylation sites (tertiary alicyclic amines) is 1. The van der Waals surface area contributed by atoms with E-state index in [9.17, 15) is 4.79 Å². The third kappa shape index (κ3) is 6.14. The van der Waals surface area contributed by atoms with Gasteiger partial charge in [0.2, 0.25) is 6.73 Å². The summed E-state index contributed by atoms with van der Waals surface area (Å²) in [5.41, 5.74) is 4.45. The third-order valence-electron chi connectivity index (χ3n) is 7.86. The Morgan fingerprint density at radius 1 is 0.825 bits per heavy atom. The summed E-state index contributed by atoms with van der Waals surface area (Å²) in [4.78, 5) is 15.3. The Hall–Kier alpha value is -3.07. The molecule has 206 valence electrons. The van der Waals surface area contributed by atoms with Crippen molar-refractivity contribution >= 4 is 17.7 Å². The maximum absolute atomic E-state index is 13.5. The monoisotopic (exact) mass is 666 g/mol. The molecule has 4 aromatic rings. The normalized spacial score (nSPS) is 20.6. The number of benzene rings is 4. The van der Waals surface area contributed by atoms with Crippen molar-refractivity contribution in [2.75, 3.05) is 26.9 Å². The Balaban J connectivity index is 0.00000323. The zero-order chi connectivity index (χ0) is 26.8. The highest BCUT2D eigenvalue weighted by atomic mass is 127. The lowest BCUT2D eigenvalue weighted by Crippen LogP contribution is -3.00. The van der Waals surface area contributed by atoms with Crippen molar-refractivity contribution < 1.29 is 42.7 Å². The number of para-hydroxylation sites is 1. The molecular weight excluding hydrogens is 635 g/mol. The molecule has 6 rings (SSSR count). The topological polar surface area (TPSA) is 38.8 Å². The highest BCUT2D eigenvalue weighted by molar-refractivity contribution is 6.30. The zero-order valence-corrected chi connectivity index (χ0v) is 25.3. The van der Waals surface area contributed by atoms with Gasteiger partial charge < -0.3 is 33.5 Å². The highest BCUT2D eigenvalue weighted by Crippen LogP contribution is 2.51. The van der Waals surface area contributed by atoms with Gasteiger partial charge in [-0.15, -0.1) is 0 Å². The van der Waals surface area contributed by atoms with Crippen LogP contribution in [0.3, 0.4) is 0 Å². The van der Waals surface area contributed by atoms with Gasteiger partial charge in [-0.25, -0.2) is 4.79 Å². The molecule has 5 nitrogen and oxygen atoms in total. The van der Waals surface area contributed by atoms with Gasteiger partial charge in [0, 0.05) is 41.1 Å². The molecule has 2 aliphatic rings. The molecule has 2 heterocycles. The number of carbonyl (C=O) groups excluding carboxylic acids is 1. The van der Waals surface area contributed by atoms with Crippen LogP contribution in [0.2, 0.25) is 5.02 Å². The molecule has 0 aromatic heterocycles. The van der Waals surface area contributed by atoms with Crippen molar-refractivity contribution in [2.45, 2.75) is 24.9 Å². The van der Waals surface area contributed by atoms with Crippen LogP contribution >= 0.6 is 11.6 Å². The Morgan fingerprint density at radius 2 is 1.38 bits per heavy atom. The first-order valence-electron chi connectivity index (χ1n) is 13.4. The molecule has 1 saturated heterocycles. The highest BCUT2D eigenvalue weighted by Gasteiger charge is 2.48. The maximum Gasteiger partial charge on any atom is 0.414 e. The molecule has 1 amide bonds. The maximum atomic E-state index is 13.5. The standard InChI is InChI=1S/C33H32ClN2O3.HI/c1-36(23-38-33(37)35(19-24-10-4-2-5-11-24)20-25-12-6-3-7-13-25)21-29-27-14-8-9-15-31(27)39-32-17-16-26(34)18-28(32)30(29)22-36;/h2-18,29-30H,19-23H2,1H3;1H/q+1;/p-1. The lowest BCUT2D eigenvalue weighted by Gasteiger charge is -2.31. The molecule has 0 bridgehead atoms. The van der Waals surface area contributed by atoms with Crippen molar-refractivity contribution in [2.24, 2.45) is 0 Å². The Kier molecular flexibility index (Phi) is 8.68. The number of likely N-dealkylation sites (N-methyl/N-ethyl adjacent to an activating group) is 1. The summed E-state index contributed by atoms with van der Waals surface area (Å²) in [6.45, 7) is 2.92. The van der Waals surface area contributed by atoms with E-state index in [-0.39, 0.29) is 41.9 Å². The lowest BCUT2D eigenvalue weighted by molar-refractivity contribution is -0.915. The number of nitrogens with zero attached hydrogens (tertiary/aromatic N) is 2. The molecule has 1 fully saturated rings. The zero-order valence-electron chi connectivity index (χ0n) is 22.4. The predicted octanol–water partition coefficient (Wildman–Crippen LogP) is 4.57. The fourth-order valence-corrected chi connectivity index (χ4v) is 6.19. The molecule has 0 saturated carbocycles. The summed E-state index contributed by atoms with van der Waals surface area (Å²) in [6, 6.07) is 34.2. The summed E-state index contributed by atoms with van der Waals surface area (Å²) in [5, 5.41) is 0.701. The molecule has 3 atom stereocenters. The van der Waals surface area contributed by atoms with Gasteiger partial charge in [0.15, 0.2) is 0 Å². The molecule has 0 N–H and O–H groups in total. The van der Waals surface area contributed by atoms with Crippen LogP contribution in [0.4, 0.5) is 4.79 Å². The van der Waals surface area contributed by atoms with Gasteiger partial charge in [-0.3, -0.25) is 9.38 Å². The fourth-order valence-electron chi connectivity index (χ4n) is 6.01. The second-order valence-corrected chi connectivity index (χ2v) is 11.3. The second kappa shape index (κ2) is 12.2. The minimum absolute atomic E-state index is 0. The van der Waals surface area contributed by atoms with E-state index in [0.717, 1.165) is 41.3 Å². The van der Waals surface area contributed by atoms with Gasteiger partial charge in [-0.2, -0.15) is 0 Å². The summed E-state index contributed by atoms with van der Waals surface area (Å²) in [5.74, 6) is 2.17. The SMILES string of the molecule is C[N+]1(COC(=O)N(Cc2ccccc2)Cc2ccccc2)CC2c3ccccc3Oc3ccc(Cl)cc3C2C1.[I-]. The molecule has 40 heavy (non-hydrogen) atoms. The van der Waals surface area contributed by atoms with Crippen LogP contribution in [0.25, 0.3) is 0 Å². The molecular formula is C33H32ClIN2O3. The fraction of sp³-hybridized carbons (Fsp3) is 0.242. The molecule has 0 radical (unpaired) electrons. The van der Waals surface area contributed by atoms with Crippen LogP contribution in [0.5, 0.6) is 11.5 Å². The van der Waals surface area contributed by atoms with Gasteiger partial charge in [-0.1, -0.05) is 90.5 Å².